The van der Waals surface area contributed by atoms with Gasteiger partial charge in [0, 0.05) is 18.0 Å². The summed E-state index contributed by atoms with van der Waals surface area (Å²) in [5, 5.41) is 16.1. The number of nitrogens with one attached hydrogen (secondary N) is 1. The number of para-hydroxylation sites is 2. The van der Waals surface area contributed by atoms with Crippen LogP contribution in [0.4, 0.5) is 0 Å². The molecule has 2 heterocycles. The van der Waals surface area contributed by atoms with Crippen LogP contribution in [-0.4, -0.2) is 21.2 Å². The van der Waals surface area contributed by atoms with Gasteiger partial charge >= 0.3 is 0 Å². The van der Waals surface area contributed by atoms with Gasteiger partial charge < -0.3 is 15.0 Å². The summed E-state index contributed by atoms with van der Waals surface area (Å²) in [6, 6.07) is 12.2. The number of nitrogens with zero attached hydrogens (tertiary/aromatic N) is 2. The monoisotopic (exact) mass is 329 g/mol. The van der Waals surface area contributed by atoms with Gasteiger partial charge in [-0.15, -0.1) is 11.3 Å². The molecule has 1 aromatic carbocycles. The number of hydrogen-bond acceptors (Lipinski definition) is 4. The maximum Gasteiger partial charge on any atom is 0.126 e. The highest BCUT2D eigenvalue weighted by atomic mass is 32.1. The minimum atomic E-state index is -0.870. The van der Waals surface area contributed by atoms with Crippen molar-refractivity contribution in [2.45, 2.75) is 39.0 Å². The fourth-order valence-corrected chi connectivity index (χ4v) is 3.66. The van der Waals surface area contributed by atoms with E-state index >= 15 is 0 Å². The van der Waals surface area contributed by atoms with Crippen molar-refractivity contribution in [3.05, 3.63) is 52.5 Å². The van der Waals surface area contributed by atoms with Crippen LogP contribution in [0.1, 0.15) is 37.5 Å². The van der Waals surface area contributed by atoms with Crippen LogP contribution in [0.25, 0.3) is 11.0 Å². The van der Waals surface area contributed by atoms with Crippen molar-refractivity contribution in [1.29, 1.82) is 0 Å². The largest absolute Gasteiger partial charge is 0.383 e. The smallest absolute Gasteiger partial charge is 0.126 e. The summed E-state index contributed by atoms with van der Waals surface area (Å²) < 4.78 is 2.23. The Bertz CT molecular complexity index is 777. The molecule has 3 aromatic rings. The van der Waals surface area contributed by atoms with Crippen LogP contribution in [0.5, 0.6) is 0 Å². The SMILES string of the molecule is CCn1c(C(C)NCC(C)(O)c2cccs2)nc2ccccc21. The van der Waals surface area contributed by atoms with E-state index in [4.69, 9.17) is 4.98 Å². The Kier molecular flexibility index (Phi) is 4.53. The highest BCUT2D eigenvalue weighted by Gasteiger charge is 2.25. The van der Waals surface area contributed by atoms with Crippen LogP contribution in [0.2, 0.25) is 0 Å². The van der Waals surface area contributed by atoms with Gasteiger partial charge in [0.2, 0.25) is 0 Å². The number of hydrogen-bond donors (Lipinski definition) is 2. The number of benzene rings is 1. The van der Waals surface area contributed by atoms with Gasteiger partial charge in [-0.3, -0.25) is 0 Å². The average molecular weight is 329 g/mol. The maximum absolute atomic E-state index is 10.7. The molecule has 2 N–H and O–H groups in total. The molecular formula is C18H23N3OS. The number of aliphatic hydroxyl groups is 1. The van der Waals surface area contributed by atoms with Crippen molar-refractivity contribution in [3.63, 3.8) is 0 Å². The van der Waals surface area contributed by atoms with E-state index in [1.165, 1.54) is 0 Å². The lowest BCUT2D eigenvalue weighted by Gasteiger charge is -2.25. The number of aryl methyl sites for hydroxylation is 1. The van der Waals surface area contributed by atoms with Crippen LogP contribution >= 0.6 is 11.3 Å². The fraction of sp³-hybridized carbons (Fsp3) is 0.389. The molecule has 4 nitrogen and oxygen atoms in total. The lowest BCUT2D eigenvalue weighted by atomic mass is 10.0. The van der Waals surface area contributed by atoms with Crippen LogP contribution < -0.4 is 5.32 Å². The molecule has 122 valence electrons. The zero-order chi connectivity index (χ0) is 16.4. The zero-order valence-electron chi connectivity index (χ0n) is 13.8. The van der Waals surface area contributed by atoms with Crippen LogP contribution in [0, 0.1) is 0 Å². The number of thiophene rings is 1. The summed E-state index contributed by atoms with van der Waals surface area (Å²) in [7, 11) is 0. The Hall–Kier alpha value is -1.69. The quantitative estimate of drug-likeness (QED) is 0.725. The maximum atomic E-state index is 10.7. The summed E-state index contributed by atoms with van der Waals surface area (Å²) in [5.41, 5.74) is 1.30. The van der Waals surface area contributed by atoms with Crippen molar-refractivity contribution in [1.82, 2.24) is 14.9 Å². The minimum Gasteiger partial charge on any atom is -0.383 e. The average Bonchev–Trinajstić information content (AvgIpc) is 3.20. The molecule has 0 aliphatic rings. The first-order valence-corrected chi connectivity index (χ1v) is 8.86. The van der Waals surface area contributed by atoms with Gasteiger partial charge in [-0.25, -0.2) is 4.98 Å². The van der Waals surface area contributed by atoms with E-state index in [0.29, 0.717) is 6.54 Å². The normalized spacial score (nSPS) is 15.7. The third-order valence-corrected chi connectivity index (χ3v) is 5.32. The van der Waals surface area contributed by atoms with Crippen molar-refractivity contribution in [3.8, 4) is 0 Å². The predicted molar refractivity (Wildman–Crippen MR) is 95.7 cm³/mol. The van der Waals surface area contributed by atoms with E-state index in [9.17, 15) is 5.11 Å². The molecule has 0 radical (unpaired) electrons. The fourth-order valence-electron chi connectivity index (χ4n) is 2.87. The first-order valence-electron chi connectivity index (χ1n) is 7.98. The predicted octanol–water partition coefficient (Wildman–Crippen LogP) is 3.68. The molecule has 0 saturated carbocycles. The molecular weight excluding hydrogens is 306 g/mol. The van der Waals surface area contributed by atoms with Crippen molar-refractivity contribution < 1.29 is 5.11 Å². The molecule has 0 aliphatic carbocycles. The molecule has 2 aromatic heterocycles. The second-order valence-corrected chi connectivity index (χ2v) is 7.00. The van der Waals surface area contributed by atoms with Gasteiger partial charge in [-0.05, 0) is 44.4 Å². The molecule has 3 rings (SSSR count). The first-order chi connectivity index (χ1) is 11.0. The van der Waals surface area contributed by atoms with E-state index in [-0.39, 0.29) is 6.04 Å². The molecule has 0 aliphatic heterocycles. The topological polar surface area (TPSA) is 50.1 Å². The molecule has 0 spiro atoms. The second kappa shape index (κ2) is 6.43. The van der Waals surface area contributed by atoms with Crippen molar-refractivity contribution >= 4 is 22.4 Å². The van der Waals surface area contributed by atoms with Crippen molar-refractivity contribution in [2.75, 3.05) is 6.54 Å². The first kappa shape index (κ1) is 16.2. The second-order valence-electron chi connectivity index (χ2n) is 6.06. The molecule has 0 bridgehead atoms. The summed E-state index contributed by atoms with van der Waals surface area (Å²) >= 11 is 1.58. The Morgan fingerprint density at radius 3 is 2.78 bits per heavy atom. The Labute approximate surface area is 140 Å². The van der Waals surface area contributed by atoms with Crippen LogP contribution in [-0.2, 0) is 12.1 Å². The Morgan fingerprint density at radius 2 is 2.09 bits per heavy atom. The standard InChI is InChI=1S/C18H23N3OS/c1-4-21-15-9-6-5-8-14(15)20-17(21)13(2)19-12-18(3,22)16-10-7-11-23-16/h5-11,13,19,22H,4,12H2,1-3H3. The Balaban J connectivity index is 1.80. The van der Waals surface area contributed by atoms with E-state index in [1.54, 1.807) is 11.3 Å². The molecule has 0 fully saturated rings. The number of fused-ring (bicyclic) bond motifs is 1. The van der Waals surface area contributed by atoms with E-state index < -0.39 is 5.60 Å². The number of imidazole rings is 1. The molecule has 0 saturated heterocycles. The van der Waals surface area contributed by atoms with Gasteiger partial charge in [-0.2, -0.15) is 0 Å². The summed E-state index contributed by atoms with van der Waals surface area (Å²) in [5.74, 6) is 1.01. The van der Waals surface area contributed by atoms with E-state index in [0.717, 1.165) is 28.3 Å². The van der Waals surface area contributed by atoms with Gasteiger partial charge in [0.05, 0.1) is 17.1 Å². The summed E-state index contributed by atoms with van der Waals surface area (Å²) in [6.07, 6.45) is 0. The lowest BCUT2D eigenvalue weighted by Crippen LogP contribution is -2.36. The Morgan fingerprint density at radius 1 is 1.30 bits per heavy atom. The van der Waals surface area contributed by atoms with Gasteiger partial charge in [0.25, 0.3) is 0 Å². The molecule has 23 heavy (non-hydrogen) atoms. The summed E-state index contributed by atoms with van der Waals surface area (Å²) in [6.45, 7) is 7.44. The van der Waals surface area contributed by atoms with Gasteiger partial charge in [0.15, 0.2) is 0 Å². The van der Waals surface area contributed by atoms with E-state index in [2.05, 4.69) is 29.8 Å². The molecule has 2 unspecified atom stereocenters. The lowest BCUT2D eigenvalue weighted by molar-refractivity contribution is 0.0577. The molecule has 5 heteroatoms. The minimum absolute atomic E-state index is 0.0637. The summed E-state index contributed by atoms with van der Waals surface area (Å²) in [4.78, 5) is 5.74. The van der Waals surface area contributed by atoms with Gasteiger partial charge in [-0.1, -0.05) is 18.2 Å². The molecule has 2 atom stereocenters. The highest BCUT2D eigenvalue weighted by molar-refractivity contribution is 7.10. The molecule has 0 amide bonds. The number of rotatable bonds is 6. The van der Waals surface area contributed by atoms with Crippen LogP contribution in [0.3, 0.4) is 0 Å². The van der Waals surface area contributed by atoms with Crippen LogP contribution in [0.15, 0.2) is 41.8 Å². The van der Waals surface area contributed by atoms with Gasteiger partial charge in [0.1, 0.15) is 11.4 Å². The van der Waals surface area contributed by atoms with E-state index in [1.807, 2.05) is 42.6 Å². The highest BCUT2D eigenvalue weighted by Crippen LogP contribution is 2.26. The third kappa shape index (κ3) is 3.17. The zero-order valence-corrected chi connectivity index (χ0v) is 14.6. The third-order valence-electron chi connectivity index (χ3n) is 4.19. The van der Waals surface area contributed by atoms with Crippen molar-refractivity contribution in [2.24, 2.45) is 0 Å². The number of aromatic nitrogens is 2.